The number of alkyl halides is 5. The second kappa shape index (κ2) is 13.7. The van der Waals surface area contributed by atoms with E-state index in [2.05, 4.69) is 10.3 Å². The van der Waals surface area contributed by atoms with Gasteiger partial charge in [0.2, 0.25) is 0 Å². The third-order valence-corrected chi connectivity index (χ3v) is 6.24. The maximum Gasteiger partial charge on any atom is 0.490 e. The van der Waals surface area contributed by atoms with Crippen molar-refractivity contribution < 1.29 is 50.2 Å². The van der Waals surface area contributed by atoms with Crippen LogP contribution in [0.5, 0.6) is 5.75 Å². The monoisotopic (exact) mass is 610 g/mol. The number of hydrogen-bond acceptors (Lipinski definition) is 7. The second-order valence-corrected chi connectivity index (χ2v) is 9.59. The van der Waals surface area contributed by atoms with Crippen LogP contribution in [0.15, 0.2) is 18.2 Å². The minimum atomic E-state index is -5.08. The standard InChI is InChI=1S/C23H28F4N6O2.C2HF3O2/c1-31(2)23(34)33-10-7-17-18(13-33)30-22(21(29-17)28-12-20(26)27)32-8-5-15(6-9-32)35-19-4-3-14(24)11-16(19)25;3-2(4,5)1(6)7/h3-4,11,15,20H,5-10,12-13H2,1-2H3,(H,28,29);(H,6,7). The summed E-state index contributed by atoms with van der Waals surface area (Å²) in [5, 5.41) is 9.83. The molecule has 2 N–H and O–H groups in total. The van der Waals surface area contributed by atoms with Crippen LogP contribution in [0.4, 0.5) is 47.2 Å². The number of carbonyl (C=O) groups excluding carboxylic acids is 1. The lowest BCUT2D eigenvalue weighted by Crippen LogP contribution is -2.43. The topological polar surface area (TPSA) is 111 Å². The first-order valence-electron chi connectivity index (χ1n) is 12.7. The van der Waals surface area contributed by atoms with Crippen LogP contribution in [0.1, 0.15) is 24.2 Å². The highest BCUT2D eigenvalue weighted by Gasteiger charge is 2.38. The maximum atomic E-state index is 14.0. The molecule has 0 aliphatic carbocycles. The van der Waals surface area contributed by atoms with Crippen molar-refractivity contribution in [1.29, 1.82) is 0 Å². The summed E-state index contributed by atoms with van der Waals surface area (Å²) in [6.45, 7) is 1.14. The van der Waals surface area contributed by atoms with Crippen LogP contribution in [-0.4, -0.2) is 95.9 Å². The number of anilines is 2. The summed E-state index contributed by atoms with van der Waals surface area (Å²) in [6.07, 6.45) is -6.41. The number of rotatable bonds is 6. The van der Waals surface area contributed by atoms with Gasteiger partial charge < -0.3 is 29.9 Å². The number of ether oxygens (including phenoxy) is 1. The first-order valence-corrected chi connectivity index (χ1v) is 12.7. The molecule has 2 aromatic rings. The van der Waals surface area contributed by atoms with E-state index >= 15 is 0 Å². The second-order valence-electron chi connectivity index (χ2n) is 9.59. The van der Waals surface area contributed by atoms with E-state index in [9.17, 15) is 35.5 Å². The molecule has 0 spiro atoms. The van der Waals surface area contributed by atoms with E-state index in [0.29, 0.717) is 56.1 Å². The zero-order valence-corrected chi connectivity index (χ0v) is 22.6. The van der Waals surface area contributed by atoms with Crippen LogP contribution >= 0.6 is 0 Å². The average molecular weight is 611 g/mol. The van der Waals surface area contributed by atoms with Crippen LogP contribution in [-0.2, 0) is 17.8 Å². The number of amides is 2. The SMILES string of the molecule is CN(C)C(=O)N1CCc2nc(NCC(F)F)c(N3CCC(Oc4ccc(F)cc4F)CC3)nc2C1.O=C(O)C(F)(F)F. The van der Waals surface area contributed by atoms with Gasteiger partial charge in [0.05, 0.1) is 24.5 Å². The van der Waals surface area contributed by atoms with E-state index in [1.807, 2.05) is 4.90 Å². The highest BCUT2D eigenvalue weighted by atomic mass is 19.4. The predicted octanol–water partition coefficient (Wildman–Crippen LogP) is 4.15. The summed E-state index contributed by atoms with van der Waals surface area (Å²) in [5.74, 6) is -3.49. The summed E-state index contributed by atoms with van der Waals surface area (Å²) < 4.78 is 90.4. The first kappa shape index (κ1) is 32.5. The van der Waals surface area contributed by atoms with Crippen LogP contribution in [0.25, 0.3) is 0 Å². The van der Waals surface area contributed by atoms with Gasteiger partial charge in [0.25, 0.3) is 6.43 Å². The fraction of sp³-hybridized carbons (Fsp3) is 0.520. The van der Waals surface area contributed by atoms with E-state index in [1.54, 1.807) is 19.0 Å². The van der Waals surface area contributed by atoms with Crippen LogP contribution in [0.3, 0.4) is 0 Å². The van der Waals surface area contributed by atoms with E-state index in [-0.39, 0.29) is 30.2 Å². The Morgan fingerprint density at radius 2 is 1.76 bits per heavy atom. The van der Waals surface area contributed by atoms with Crippen molar-refractivity contribution in [2.45, 2.75) is 44.5 Å². The lowest BCUT2D eigenvalue weighted by Gasteiger charge is -2.35. The molecule has 0 saturated carbocycles. The van der Waals surface area contributed by atoms with Crippen molar-refractivity contribution in [3.63, 3.8) is 0 Å². The molecule has 3 heterocycles. The normalized spacial score (nSPS) is 15.5. The molecule has 1 saturated heterocycles. The lowest BCUT2D eigenvalue weighted by molar-refractivity contribution is -0.192. The number of carboxylic acids is 1. The third kappa shape index (κ3) is 8.72. The summed E-state index contributed by atoms with van der Waals surface area (Å²) in [4.78, 5) is 35.7. The van der Waals surface area contributed by atoms with E-state index in [4.69, 9.17) is 19.6 Å². The molecule has 1 aromatic carbocycles. The number of nitrogens with zero attached hydrogens (tertiary/aromatic N) is 5. The van der Waals surface area contributed by atoms with Gasteiger partial charge in [0, 0.05) is 59.1 Å². The molecule has 2 aliphatic rings. The van der Waals surface area contributed by atoms with Gasteiger partial charge in [-0.05, 0) is 12.1 Å². The number of benzene rings is 1. The summed E-state index contributed by atoms with van der Waals surface area (Å²) in [6, 6.07) is 3.05. The number of urea groups is 1. The molecule has 42 heavy (non-hydrogen) atoms. The predicted molar refractivity (Wildman–Crippen MR) is 136 cm³/mol. The van der Waals surface area contributed by atoms with Gasteiger partial charge in [-0.3, -0.25) is 0 Å². The molecule has 2 aliphatic heterocycles. The minimum absolute atomic E-state index is 0.0108. The Bertz CT molecular complexity index is 1260. The van der Waals surface area contributed by atoms with Gasteiger partial charge in [-0.15, -0.1) is 0 Å². The van der Waals surface area contributed by atoms with Gasteiger partial charge in [-0.2, -0.15) is 13.2 Å². The number of piperidine rings is 1. The smallest absolute Gasteiger partial charge is 0.487 e. The van der Waals surface area contributed by atoms with Crippen LogP contribution in [0, 0.1) is 11.6 Å². The lowest BCUT2D eigenvalue weighted by atomic mass is 10.1. The third-order valence-electron chi connectivity index (χ3n) is 6.24. The zero-order chi connectivity index (χ0) is 31.2. The minimum Gasteiger partial charge on any atom is -0.487 e. The molecule has 232 valence electrons. The largest absolute Gasteiger partial charge is 0.490 e. The first-order chi connectivity index (χ1) is 19.6. The Kier molecular flexibility index (Phi) is 10.6. The number of carboxylic acid groups (broad SMARTS) is 1. The zero-order valence-electron chi connectivity index (χ0n) is 22.6. The van der Waals surface area contributed by atoms with Gasteiger partial charge >= 0.3 is 18.2 Å². The van der Waals surface area contributed by atoms with E-state index in [0.717, 1.165) is 12.1 Å². The molecule has 1 fully saturated rings. The molecule has 4 rings (SSSR count). The highest BCUT2D eigenvalue weighted by Crippen LogP contribution is 2.30. The summed E-state index contributed by atoms with van der Waals surface area (Å²) >= 11 is 0. The fourth-order valence-corrected chi connectivity index (χ4v) is 4.22. The Labute approximate surface area is 236 Å². The van der Waals surface area contributed by atoms with Gasteiger partial charge in [0.15, 0.2) is 23.2 Å². The molecule has 0 radical (unpaired) electrons. The van der Waals surface area contributed by atoms with Crippen molar-refractivity contribution in [3.8, 4) is 5.75 Å². The van der Waals surface area contributed by atoms with E-state index in [1.165, 1.54) is 11.0 Å². The Hall–Kier alpha value is -4.05. The van der Waals surface area contributed by atoms with Gasteiger partial charge in [-0.25, -0.2) is 37.1 Å². The number of aliphatic carboxylic acids is 1. The van der Waals surface area contributed by atoms with Gasteiger partial charge in [-0.1, -0.05) is 0 Å². The Balaban J connectivity index is 0.000000616. The molecule has 0 bridgehead atoms. The number of aromatic nitrogens is 2. The Morgan fingerprint density at radius 3 is 2.31 bits per heavy atom. The molecular formula is C25H29F7N6O4. The number of nitrogens with one attached hydrogen (secondary N) is 1. The maximum absolute atomic E-state index is 14.0. The molecule has 10 nitrogen and oxygen atoms in total. The average Bonchev–Trinajstić information content (AvgIpc) is 2.92. The highest BCUT2D eigenvalue weighted by molar-refractivity contribution is 5.74. The van der Waals surface area contributed by atoms with E-state index < -0.39 is 36.8 Å². The molecule has 2 amide bonds. The Morgan fingerprint density at radius 1 is 1.12 bits per heavy atom. The number of halogens is 7. The number of hydrogen-bond donors (Lipinski definition) is 2. The molecule has 17 heteroatoms. The van der Waals surface area contributed by atoms with Gasteiger partial charge in [0.1, 0.15) is 11.9 Å². The van der Waals surface area contributed by atoms with Crippen molar-refractivity contribution in [1.82, 2.24) is 19.8 Å². The molecule has 0 unspecified atom stereocenters. The van der Waals surface area contributed by atoms with Crippen molar-refractivity contribution >= 4 is 23.6 Å². The molecule has 1 aromatic heterocycles. The van der Waals surface area contributed by atoms with Crippen molar-refractivity contribution in [2.24, 2.45) is 0 Å². The summed E-state index contributed by atoms with van der Waals surface area (Å²) in [5.41, 5.74) is 1.31. The summed E-state index contributed by atoms with van der Waals surface area (Å²) in [7, 11) is 3.35. The molecular weight excluding hydrogens is 581 g/mol. The van der Waals surface area contributed by atoms with Crippen LogP contribution < -0.4 is 15.0 Å². The fourth-order valence-electron chi connectivity index (χ4n) is 4.22. The van der Waals surface area contributed by atoms with Crippen molar-refractivity contribution in [3.05, 3.63) is 41.2 Å². The quantitative estimate of drug-likeness (QED) is 0.470. The van der Waals surface area contributed by atoms with Crippen LogP contribution in [0.2, 0.25) is 0 Å². The number of carbonyl (C=O) groups is 2. The van der Waals surface area contributed by atoms with Crippen molar-refractivity contribution in [2.75, 3.05) is 50.5 Å². The number of fused-ring (bicyclic) bond motifs is 1. The molecule has 0 atom stereocenters.